The van der Waals surface area contributed by atoms with E-state index in [4.69, 9.17) is 11.6 Å². The molecule has 10 heteroatoms. The maximum absolute atomic E-state index is 13.2. The van der Waals surface area contributed by atoms with Gasteiger partial charge in [0, 0.05) is 55.7 Å². The highest BCUT2D eigenvalue weighted by atomic mass is 35.5. The second-order valence-electron chi connectivity index (χ2n) is 8.99. The lowest BCUT2D eigenvalue weighted by Crippen LogP contribution is -2.56. The summed E-state index contributed by atoms with van der Waals surface area (Å²) in [7, 11) is 4.01. The average molecular weight is 479 g/mol. The summed E-state index contributed by atoms with van der Waals surface area (Å²) in [5.41, 5.74) is 3.48. The third-order valence-electron chi connectivity index (χ3n) is 6.44. The zero-order valence-corrected chi connectivity index (χ0v) is 20.3. The molecule has 2 atom stereocenters. The van der Waals surface area contributed by atoms with E-state index < -0.39 is 0 Å². The molecule has 1 aliphatic heterocycles. The minimum Gasteiger partial charge on any atom is -0.349 e. The van der Waals surface area contributed by atoms with Gasteiger partial charge in [0.2, 0.25) is 5.95 Å². The molecule has 1 aromatic carbocycles. The zero-order valence-electron chi connectivity index (χ0n) is 19.6. The van der Waals surface area contributed by atoms with Gasteiger partial charge in [-0.1, -0.05) is 11.6 Å². The van der Waals surface area contributed by atoms with Gasteiger partial charge < -0.3 is 19.8 Å². The van der Waals surface area contributed by atoms with E-state index in [0.29, 0.717) is 41.8 Å². The molecule has 2 unspecified atom stereocenters. The van der Waals surface area contributed by atoms with E-state index in [0.717, 1.165) is 28.0 Å². The quantitative estimate of drug-likeness (QED) is 0.461. The molecule has 0 spiro atoms. The topological polar surface area (TPSA) is 95.0 Å². The highest BCUT2D eigenvalue weighted by molar-refractivity contribution is 6.35. The lowest BCUT2D eigenvalue weighted by molar-refractivity contribution is 0.0410. The van der Waals surface area contributed by atoms with Gasteiger partial charge in [-0.2, -0.15) is 0 Å². The molecule has 1 fully saturated rings. The van der Waals surface area contributed by atoms with Crippen LogP contribution in [0, 0.1) is 0 Å². The highest BCUT2D eigenvalue weighted by Gasteiger charge is 2.30. The minimum absolute atomic E-state index is 0.0139. The molecule has 4 heterocycles. The summed E-state index contributed by atoms with van der Waals surface area (Å²) >= 11 is 6.57. The van der Waals surface area contributed by atoms with Gasteiger partial charge in [0.05, 0.1) is 22.6 Å². The molecular formula is C24H27ClN8O. The number of carbonyl (C=O) groups excluding carboxylic acids is 1. The number of fused-ring (bicyclic) bond motifs is 1. The largest absolute Gasteiger partial charge is 0.349 e. The first-order chi connectivity index (χ1) is 16.3. The van der Waals surface area contributed by atoms with E-state index in [2.05, 4.69) is 51.0 Å². The molecule has 1 amide bonds. The molecule has 1 saturated heterocycles. The van der Waals surface area contributed by atoms with Crippen molar-refractivity contribution in [3.8, 4) is 11.4 Å². The van der Waals surface area contributed by atoms with Gasteiger partial charge >= 0.3 is 0 Å². The number of likely N-dealkylation sites (N-methyl/N-ethyl adjacent to an activating group) is 1. The molecule has 0 bridgehead atoms. The van der Waals surface area contributed by atoms with Crippen molar-refractivity contribution in [2.75, 3.05) is 25.5 Å². The number of hydrogen-bond acceptors (Lipinski definition) is 6. The lowest BCUT2D eigenvalue weighted by Gasteiger charge is -2.42. The van der Waals surface area contributed by atoms with Crippen molar-refractivity contribution in [1.82, 2.24) is 34.3 Å². The molecule has 9 nitrogen and oxygen atoms in total. The summed E-state index contributed by atoms with van der Waals surface area (Å²) in [5, 5.41) is 4.57. The van der Waals surface area contributed by atoms with Crippen molar-refractivity contribution in [3.05, 3.63) is 53.7 Å². The van der Waals surface area contributed by atoms with Crippen LogP contribution in [0.15, 0.2) is 43.0 Å². The Morgan fingerprint density at radius 1 is 1.12 bits per heavy atom. The summed E-state index contributed by atoms with van der Waals surface area (Å²) < 4.78 is 1.87. The number of rotatable bonds is 4. The number of nitrogens with zero attached hydrogens (tertiary/aromatic N) is 6. The SMILES string of the molecule is CC1CN(C(=O)c2cc3cc(Nc4nccc(-c5cn(C)cn5)n4)cc(Cl)c3[nH]2)CC(C)N1C. The molecule has 0 saturated carbocycles. The van der Waals surface area contributed by atoms with Crippen LogP contribution >= 0.6 is 11.6 Å². The van der Waals surface area contributed by atoms with E-state index in [1.165, 1.54) is 0 Å². The Morgan fingerprint density at radius 3 is 2.59 bits per heavy atom. The number of H-pyrrole nitrogens is 1. The van der Waals surface area contributed by atoms with Gasteiger partial charge in [-0.15, -0.1) is 0 Å². The smallest absolute Gasteiger partial charge is 0.270 e. The van der Waals surface area contributed by atoms with Crippen LogP contribution in [0.2, 0.25) is 5.02 Å². The second-order valence-corrected chi connectivity index (χ2v) is 9.40. The maximum Gasteiger partial charge on any atom is 0.270 e. The zero-order chi connectivity index (χ0) is 24.0. The summed E-state index contributed by atoms with van der Waals surface area (Å²) in [6.07, 6.45) is 5.31. The molecular weight excluding hydrogens is 452 g/mol. The number of nitrogens with one attached hydrogen (secondary N) is 2. The predicted molar refractivity (Wildman–Crippen MR) is 133 cm³/mol. The Labute approximate surface area is 202 Å². The number of aryl methyl sites for hydroxylation is 1. The number of benzene rings is 1. The van der Waals surface area contributed by atoms with E-state index in [1.807, 2.05) is 40.9 Å². The van der Waals surface area contributed by atoms with Crippen LogP contribution < -0.4 is 5.32 Å². The maximum atomic E-state index is 13.2. The molecule has 4 aromatic rings. The van der Waals surface area contributed by atoms with Crippen LogP contribution in [0.4, 0.5) is 11.6 Å². The van der Waals surface area contributed by atoms with Crippen molar-refractivity contribution in [3.63, 3.8) is 0 Å². The van der Waals surface area contributed by atoms with Crippen molar-refractivity contribution >= 4 is 40.0 Å². The number of piperazine rings is 1. The fraction of sp³-hybridized carbons (Fsp3) is 0.333. The number of amides is 1. The van der Waals surface area contributed by atoms with E-state index in [1.54, 1.807) is 18.6 Å². The van der Waals surface area contributed by atoms with Crippen molar-refractivity contribution in [2.24, 2.45) is 7.05 Å². The van der Waals surface area contributed by atoms with Gasteiger partial charge in [-0.3, -0.25) is 9.69 Å². The van der Waals surface area contributed by atoms with E-state index in [9.17, 15) is 4.79 Å². The van der Waals surface area contributed by atoms with Gasteiger partial charge in [0.1, 0.15) is 11.4 Å². The first-order valence-electron chi connectivity index (χ1n) is 11.2. The number of hydrogen-bond donors (Lipinski definition) is 2. The predicted octanol–water partition coefficient (Wildman–Crippen LogP) is 3.92. The Kier molecular flexibility index (Phi) is 5.75. The fourth-order valence-corrected chi connectivity index (χ4v) is 4.64. The number of anilines is 2. The number of halogens is 1. The minimum atomic E-state index is -0.0139. The van der Waals surface area contributed by atoms with Crippen LogP contribution in [0.1, 0.15) is 24.3 Å². The first kappa shape index (κ1) is 22.4. The number of aromatic nitrogens is 5. The van der Waals surface area contributed by atoms with Gasteiger partial charge in [0.15, 0.2) is 0 Å². The standard InChI is InChI=1S/C24H27ClN8O/c1-14-10-33(11-15(2)32(14)4)23(34)20-8-16-7-17(9-18(25)22(16)29-20)28-24-26-6-5-19(30-24)21-12-31(3)13-27-21/h5-9,12-15,29H,10-11H2,1-4H3,(H,26,28,30). The lowest BCUT2D eigenvalue weighted by atomic mass is 10.1. The van der Waals surface area contributed by atoms with Crippen LogP contribution in [0.25, 0.3) is 22.3 Å². The van der Waals surface area contributed by atoms with Gasteiger partial charge in [0.25, 0.3) is 5.91 Å². The molecule has 2 N–H and O–H groups in total. The Bertz CT molecular complexity index is 1350. The summed E-state index contributed by atoms with van der Waals surface area (Å²) in [6, 6.07) is 8.00. The molecule has 1 aliphatic rings. The monoisotopic (exact) mass is 478 g/mol. The molecule has 5 rings (SSSR count). The third kappa shape index (κ3) is 4.24. The van der Waals surface area contributed by atoms with Crippen LogP contribution in [-0.4, -0.2) is 72.4 Å². The van der Waals surface area contributed by atoms with Crippen molar-refractivity contribution < 1.29 is 4.79 Å². The fourth-order valence-electron chi connectivity index (χ4n) is 4.36. The van der Waals surface area contributed by atoms with E-state index in [-0.39, 0.29) is 5.91 Å². The molecule has 0 radical (unpaired) electrons. The normalized spacial score (nSPS) is 19.0. The second kappa shape index (κ2) is 8.73. The Balaban J connectivity index is 1.39. The van der Waals surface area contributed by atoms with Crippen molar-refractivity contribution in [2.45, 2.75) is 25.9 Å². The van der Waals surface area contributed by atoms with Crippen LogP contribution in [-0.2, 0) is 7.05 Å². The number of imidazole rings is 1. The molecule has 0 aliphatic carbocycles. The summed E-state index contributed by atoms with van der Waals surface area (Å²) in [4.78, 5) is 33.9. The highest BCUT2D eigenvalue weighted by Crippen LogP contribution is 2.30. The Hall–Kier alpha value is -3.43. The molecule has 176 valence electrons. The number of carbonyl (C=O) groups is 1. The van der Waals surface area contributed by atoms with Crippen LogP contribution in [0.3, 0.4) is 0 Å². The van der Waals surface area contributed by atoms with E-state index >= 15 is 0 Å². The third-order valence-corrected chi connectivity index (χ3v) is 6.73. The summed E-state index contributed by atoms with van der Waals surface area (Å²) in [5.74, 6) is 0.422. The van der Waals surface area contributed by atoms with Crippen LogP contribution in [0.5, 0.6) is 0 Å². The molecule has 34 heavy (non-hydrogen) atoms. The average Bonchev–Trinajstić information content (AvgIpc) is 3.43. The Morgan fingerprint density at radius 2 is 1.88 bits per heavy atom. The summed E-state index contributed by atoms with van der Waals surface area (Å²) in [6.45, 7) is 5.67. The molecule has 3 aromatic heterocycles. The number of aromatic amines is 1. The van der Waals surface area contributed by atoms with Gasteiger partial charge in [-0.25, -0.2) is 15.0 Å². The van der Waals surface area contributed by atoms with Gasteiger partial charge in [-0.05, 0) is 45.2 Å². The van der Waals surface area contributed by atoms with Crippen molar-refractivity contribution in [1.29, 1.82) is 0 Å². The first-order valence-corrected chi connectivity index (χ1v) is 11.6.